The standard InChI is InChI=1S/C18H22N6O/c1-11-7-12-17-14-3-2-5-23(14)6-4-15(17)24(18(12)19-8-11)10-16(25)13-9-20-22-21-13/h7-9,14,16,25H,2-6,10H2,1H3,(H,20,21,22). The molecular formula is C18H22N6O. The molecule has 7 heteroatoms. The van der Waals surface area contributed by atoms with Crippen LogP contribution < -0.4 is 0 Å². The van der Waals surface area contributed by atoms with Crippen LogP contribution in [0.25, 0.3) is 11.0 Å². The van der Waals surface area contributed by atoms with Gasteiger partial charge in [-0.1, -0.05) is 0 Å². The summed E-state index contributed by atoms with van der Waals surface area (Å²) in [4.78, 5) is 7.32. The molecule has 3 aromatic heterocycles. The Balaban J connectivity index is 1.66. The van der Waals surface area contributed by atoms with Crippen molar-refractivity contribution in [2.45, 2.75) is 44.9 Å². The minimum atomic E-state index is -0.692. The first-order valence-corrected chi connectivity index (χ1v) is 8.98. The fraction of sp³-hybridized carbons (Fsp3) is 0.500. The molecule has 0 amide bonds. The van der Waals surface area contributed by atoms with E-state index in [0.29, 0.717) is 18.3 Å². The summed E-state index contributed by atoms with van der Waals surface area (Å²) in [6, 6.07) is 2.75. The smallest absolute Gasteiger partial charge is 0.140 e. The number of H-pyrrole nitrogens is 1. The van der Waals surface area contributed by atoms with E-state index in [1.54, 1.807) is 6.20 Å². The highest BCUT2D eigenvalue weighted by atomic mass is 16.3. The number of aliphatic hydroxyl groups is 1. The lowest BCUT2D eigenvalue weighted by Gasteiger charge is -2.31. The highest BCUT2D eigenvalue weighted by Gasteiger charge is 2.36. The first-order chi connectivity index (χ1) is 12.2. The predicted molar refractivity (Wildman–Crippen MR) is 93.1 cm³/mol. The van der Waals surface area contributed by atoms with E-state index >= 15 is 0 Å². The zero-order valence-corrected chi connectivity index (χ0v) is 14.3. The Morgan fingerprint density at radius 2 is 2.28 bits per heavy atom. The summed E-state index contributed by atoms with van der Waals surface area (Å²) < 4.78 is 2.21. The molecule has 1 saturated heterocycles. The molecule has 0 saturated carbocycles. The molecule has 130 valence electrons. The van der Waals surface area contributed by atoms with Crippen LogP contribution in [0, 0.1) is 6.92 Å². The Morgan fingerprint density at radius 3 is 3.12 bits per heavy atom. The van der Waals surface area contributed by atoms with E-state index in [2.05, 4.69) is 37.9 Å². The number of pyridine rings is 1. The lowest BCUT2D eigenvalue weighted by molar-refractivity contribution is 0.150. The Bertz CT molecular complexity index is 915. The van der Waals surface area contributed by atoms with E-state index in [1.807, 2.05) is 6.20 Å². The summed E-state index contributed by atoms with van der Waals surface area (Å²) >= 11 is 0. The number of nitrogens with one attached hydrogen (secondary N) is 1. The van der Waals surface area contributed by atoms with Crippen LogP contribution in [0.1, 0.15) is 47.5 Å². The van der Waals surface area contributed by atoms with Gasteiger partial charge in [0.1, 0.15) is 17.4 Å². The number of nitrogens with zero attached hydrogens (tertiary/aromatic N) is 5. The summed E-state index contributed by atoms with van der Waals surface area (Å²) in [5, 5.41) is 22.3. The van der Waals surface area contributed by atoms with Crippen LogP contribution in [0.5, 0.6) is 0 Å². The van der Waals surface area contributed by atoms with Crippen LogP contribution in [0.4, 0.5) is 0 Å². The maximum Gasteiger partial charge on any atom is 0.140 e. The molecule has 0 aromatic carbocycles. The molecule has 5 rings (SSSR count). The molecule has 2 unspecified atom stereocenters. The molecule has 0 bridgehead atoms. The van der Waals surface area contributed by atoms with E-state index in [9.17, 15) is 5.11 Å². The normalized spacial score (nSPS) is 21.4. The largest absolute Gasteiger partial charge is 0.385 e. The molecule has 2 atom stereocenters. The number of aromatic amines is 1. The molecule has 1 fully saturated rings. The second kappa shape index (κ2) is 5.64. The Morgan fingerprint density at radius 1 is 1.36 bits per heavy atom. The van der Waals surface area contributed by atoms with E-state index in [0.717, 1.165) is 18.6 Å². The van der Waals surface area contributed by atoms with Crippen molar-refractivity contribution < 1.29 is 5.11 Å². The molecule has 5 heterocycles. The van der Waals surface area contributed by atoms with E-state index in [1.165, 1.54) is 41.6 Å². The highest BCUT2D eigenvalue weighted by Crippen LogP contribution is 2.43. The fourth-order valence-electron chi connectivity index (χ4n) is 4.55. The van der Waals surface area contributed by atoms with Gasteiger partial charge in [-0.2, -0.15) is 15.4 Å². The molecule has 2 aliphatic heterocycles. The fourth-order valence-corrected chi connectivity index (χ4v) is 4.55. The summed E-state index contributed by atoms with van der Waals surface area (Å²) in [7, 11) is 0. The van der Waals surface area contributed by atoms with Crippen molar-refractivity contribution >= 4 is 11.0 Å². The number of hydrogen-bond donors (Lipinski definition) is 2. The quantitative estimate of drug-likeness (QED) is 0.762. The zero-order valence-electron chi connectivity index (χ0n) is 14.3. The van der Waals surface area contributed by atoms with Crippen LogP contribution in [-0.4, -0.2) is 48.1 Å². The Hall–Kier alpha value is -2.25. The Kier molecular flexibility index (Phi) is 3.39. The number of aromatic nitrogens is 5. The van der Waals surface area contributed by atoms with Crippen molar-refractivity contribution in [2.75, 3.05) is 13.1 Å². The van der Waals surface area contributed by atoms with Crippen LogP contribution in [-0.2, 0) is 13.0 Å². The first kappa shape index (κ1) is 15.0. The molecule has 2 aliphatic rings. The molecule has 3 aromatic rings. The number of rotatable bonds is 3. The number of aryl methyl sites for hydroxylation is 1. The molecule has 25 heavy (non-hydrogen) atoms. The van der Waals surface area contributed by atoms with Gasteiger partial charge in [-0.05, 0) is 43.5 Å². The van der Waals surface area contributed by atoms with Gasteiger partial charge < -0.3 is 9.67 Å². The van der Waals surface area contributed by atoms with Gasteiger partial charge in [-0.15, -0.1) is 0 Å². The van der Waals surface area contributed by atoms with Gasteiger partial charge in [-0.3, -0.25) is 4.90 Å². The van der Waals surface area contributed by atoms with E-state index in [-0.39, 0.29) is 0 Å². The van der Waals surface area contributed by atoms with E-state index in [4.69, 9.17) is 4.98 Å². The number of hydrogen-bond acceptors (Lipinski definition) is 5. The first-order valence-electron chi connectivity index (χ1n) is 8.98. The third-order valence-corrected chi connectivity index (χ3v) is 5.65. The monoisotopic (exact) mass is 338 g/mol. The predicted octanol–water partition coefficient (Wildman–Crippen LogP) is 1.89. The average Bonchev–Trinajstić information content (AvgIpc) is 3.33. The van der Waals surface area contributed by atoms with Crippen molar-refractivity contribution in [1.82, 2.24) is 29.9 Å². The van der Waals surface area contributed by atoms with Crippen LogP contribution in [0.15, 0.2) is 18.5 Å². The van der Waals surface area contributed by atoms with Gasteiger partial charge in [0.05, 0.1) is 12.7 Å². The zero-order chi connectivity index (χ0) is 17.0. The van der Waals surface area contributed by atoms with Crippen LogP contribution in [0.3, 0.4) is 0 Å². The van der Waals surface area contributed by atoms with Crippen molar-refractivity contribution in [2.24, 2.45) is 0 Å². The van der Waals surface area contributed by atoms with Crippen molar-refractivity contribution in [3.63, 3.8) is 0 Å². The summed E-state index contributed by atoms with van der Waals surface area (Å²) in [6.07, 6.45) is 6.29. The van der Waals surface area contributed by atoms with Crippen molar-refractivity contribution in [3.8, 4) is 0 Å². The van der Waals surface area contributed by atoms with Gasteiger partial charge in [0.15, 0.2) is 0 Å². The molecule has 0 spiro atoms. The lowest BCUT2D eigenvalue weighted by atomic mass is 9.96. The van der Waals surface area contributed by atoms with Crippen molar-refractivity contribution in [1.29, 1.82) is 0 Å². The second-order valence-electron chi connectivity index (χ2n) is 7.21. The minimum Gasteiger partial charge on any atom is -0.385 e. The Labute approximate surface area is 145 Å². The van der Waals surface area contributed by atoms with Crippen molar-refractivity contribution in [3.05, 3.63) is 41.0 Å². The lowest BCUT2D eigenvalue weighted by Crippen LogP contribution is -2.31. The topological polar surface area (TPSA) is 82.9 Å². The highest BCUT2D eigenvalue weighted by molar-refractivity contribution is 5.84. The SMILES string of the molecule is Cc1cnc2c(c1)c1c(n2CC(O)c2cn[nH]n2)CCN2CCCC12. The second-order valence-corrected chi connectivity index (χ2v) is 7.21. The summed E-state index contributed by atoms with van der Waals surface area (Å²) in [5.41, 5.74) is 5.49. The minimum absolute atomic E-state index is 0.459. The van der Waals surface area contributed by atoms with Gasteiger partial charge >= 0.3 is 0 Å². The van der Waals surface area contributed by atoms with Gasteiger partial charge in [0.2, 0.25) is 0 Å². The molecular weight excluding hydrogens is 316 g/mol. The van der Waals surface area contributed by atoms with Gasteiger partial charge in [0.25, 0.3) is 0 Å². The number of fused-ring (bicyclic) bond motifs is 5. The van der Waals surface area contributed by atoms with Crippen LogP contribution >= 0.6 is 0 Å². The van der Waals surface area contributed by atoms with Gasteiger partial charge in [0, 0.05) is 36.3 Å². The maximum absolute atomic E-state index is 10.6. The third-order valence-electron chi connectivity index (χ3n) is 5.65. The molecule has 2 N–H and O–H groups in total. The summed E-state index contributed by atoms with van der Waals surface area (Å²) in [5.74, 6) is 0. The maximum atomic E-state index is 10.6. The summed E-state index contributed by atoms with van der Waals surface area (Å²) in [6.45, 7) is 4.83. The molecule has 7 nitrogen and oxygen atoms in total. The molecule has 0 radical (unpaired) electrons. The van der Waals surface area contributed by atoms with Crippen LogP contribution in [0.2, 0.25) is 0 Å². The third kappa shape index (κ3) is 2.30. The van der Waals surface area contributed by atoms with Gasteiger partial charge in [-0.25, -0.2) is 4.98 Å². The number of aliphatic hydroxyl groups excluding tert-OH is 1. The average molecular weight is 338 g/mol. The van der Waals surface area contributed by atoms with E-state index < -0.39 is 6.10 Å². The molecule has 0 aliphatic carbocycles.